The van der Waals surface area contributed by atoms with Crippen LogP contribution in [0.3, 0.4) is 0 Å². The molecule has 0 bridgehead atoms. The molecule has 0 amide bonds. The number of aromatic amines is 1. The number of nitrogens with zero attached hydrogens (tertiary/aromatic N) is 1. The second-order valence-electron chi connectivity index (χ2n) is 6.40. The molecule has 0 unspecified atom stereocenters. The molecule has 5 heteroatoms. The summed E-state index contributed by atoms with van der Waals surface area (Å²) in [6.07, 6.45) is 1.58. The Labute approximate surface area is 130 Å². The van der Waals surface area contributed by atoms with Gasteiger partial charge in [-0.3, -0.25) is 14.3 Å². The third kappa shape index (κ3) is 4.33. The van der Waals surface area contributed by atoms with Crippen LogP contribution >= 0.6 is 0 Å². The fraction of sp³-hybridized carbons (Fsp3) is 0.294. The Balaban J connectivity index is 2.22. The van der Waals surface area contributed by atoms with Gasteiger partial charge in [0.05, 0.1) is 6.54 Å². The SMILES string of the molecule is Cc1cn(Cc2ccc(C#C[Si](C)(C)C)cc2)c(=O)[nH]c1=O. The number of H-pyrrole nitrogens is 1. The minimum atomic E-state index is -1.37. The molecule has 0 aliphatic heterocycles. The quantitative estimate of drug-likeness (QED) is 0.682. The molecule has 1 heterocycles. The van der Waals surface area contributed by atoms with E-state index in [4.69, 9.17) is 0 Å². The van der Waals surface area contributed by atoms with Gasteiger partial charge < -0.3 is 0 Å². The molecule has 0 aliphatic carbocycles. The van der Waals surface area contributed by atoms with Crippen LogP contribution in [0.4, 0.5) is 0 Å². The predicted molar refractivity (Wildman–Crippen MR) is 91.8 cm³/mol. The Bertz CT molecular complexity index is 844. The first-order valence-electron chi connectivity index (χ1n) is 7.17. The molecule has 0 saturated carbocycles. The summed E-state index contributed by atoms with van der Waals surface area (Å²) >= 11 is 0. The maximum absolute atomic E-state index is 11.8. The molecule has 114 valence electrons. The Hall–Kier alpha value is -2.32. The highest BCUT2D eigenvalue weighted by atomic mass is 28.3. The van der Waals surface area contributed by atoms with E-state index >= 15 is 0 Å². The fourth-order valence-electron chi connectivity index (χ4n) is 1.89. The van der Waals surface area contributed by atoms with E-state index in [2.05, 4.69) is 36.1 Å². The lowest BCUT2D eigenvalue weighted by Crippen LogP contribution is -2.31. The summed E-state index contributed by atoms with van der Waals surface area (Å²) in [4.78, 5) is 25.4. The zero-order valence-corrected chi connectivity index (χ0v) is 14.4. The predicted octanol–water partition coefficient (Wildman–Crippen LogP) is 2.12. The van der Waals surface area contributed by atoms with Crippen LogP contribution in [0.5, 0.6) is 0 Å². The summed E-state index contributed by atoms with van der Waals surface area (Å²) in [5.74, 6) is 3.20. The van der Waals surface area contributed by atoms with Crippen molar-refractivity contribution in [3.8, 4) is 11.5 Å². The number of nitrogens with one attached hydrogen (secondary N) is 1. The van der Waals surface area contributed by atoms with E-state index in [1.807, 2.05) is 24.3 Å². The van der Waals surface area contributed by atoms with Crippen molar-refractivity contribution in [2.45, 2.75) is 33.1 Å². The van der Waals surface area contributed by atoms with Crippen molar-refractivity contribution in [2.75, 3.05) is 0 Å². The number of rotatable bonds is 2. The first-order valence-corrected chi connectivity index (χ1v) is 10.7. The van der Waals surface area contributed by atoms with Gasteiger partial charge in [0.1, 0.15) is 8.07 Å². The minimum Gasteiger partial charge on any atom is -0.296 e. The van der Waals surface area contributed by atoms with E-state index in [0.717, 1.165) is 11.1 Å². The third-order valence-electron chi connectivity index (χ3n) is 3.08. The van der Waals surface area contributed by atoms with Crippen LogP contribution in [0, 0.1) is 18.4 Å². The summed E-state index contributed by atoms with van der Waals surface area (Å²) in [7, 11) is -1.37. The maximum atomic E-state index is 11.8. The molecule has 0 aliphatic rings. The number of benzene rings is 1. The summed E-state index contributed by atoms with van der Waals surface area (Å²) in [6.45, 7) is 8.74. The minimum absolute atomic E-state index is 0.335. The second kappa shape index (κ2) is 6.20. The van der Waals surface area contributed by atoms with Crippen molar-refractivity contribution in [1.29, 1.82) is 0 Å². The molecule has 0 saturated heterocycles. The zero-order valence-electron chi connectivity index (χ0n) is 13.4. The van der Waals surface area contributed by atoms with Crippen molar-refractivity contribution in [2.24, 2.45) is 0 Å². The van der Waals surface area contributed by atoms with E-state index in [1.54, 1.807) is 13.1 Å². The van der Waals surface area contributed by atoms with Crippen molar-refractivity contribution in [1.82, 2.24) is 9.55 Å². The monoisotopic (exact) mass is 312 g/mol. The van der Waals surface area contributed by atoms with Crippen molar-refractivity contribution < 1.29 is 0 Å². The first-order chi connectivity index (χ1) is 10.2. The average Bonchev–Trinajstić information content (AvgIpc) is 2.43. The number of aryl methyl sites for hydroxylation is 1. The molecule has 0 radical (unpaired) electrons. The average molecular weight is 312 g/mol. The molecule has 0 fully saturated rings. The highest BCUT2D eigenvalue weighted by molar-refractivity contribution is 6.83. The summed E-state index contributed by atoms with van der Waals surface area (Å²) in [5.41, 5.74) is 5.10. The largest absolute Gasteiger partial charge is 0.328 e. The van der Waals surface area contributed by atoms with Crippen molar-refractivity contribution in [3.63, 3.8) is 0 Å². The van der Waals surface area contributed by atoms with Gasteiger partial charge >= 0.3 is 5.69 Å². The summed E-state index contributed by atoms with van der Waals surface area (Å²) in [5, 5.41) is 0. The molecule has 0 atom stereocenters. The zero-order chi connectivity index (χ0) is 16.3. The normalized spacial score (nSPS) is 10.9. The Morgan fingerprint density at radius 3 is 2.36 bits per heavy atom. The van der Waals surface area contributed by atoms with Crippen LogP contribution in [-0.4, -0.2) is 17.6 Å². The summed E-state index contributed by atoms with van der Waals surface area (Å²) in [6, 6.07) is 7.85. The van der Waals surface area contributed by atoms with Crippen LogP contribution in [-0.2, 0) is 6.54 Å². The van der Waals surface area contributed by atoms with Gasteiger partial charge in [-0.25, -0.2) is 4.79 Å². The molecular formula is C17H20N2O2Si. The van der Waals surface area contributed by atoms with Crippen LogP contribution in [0.1, 0.15) is 16.7 Å². The van der Waals surface area contributed by atoms with Crippen molar-refractivity contribution >= 4 is 8.07 Å². The number of hydrogen-bond acceptors (Lipinski definition) is 2. The molecule has 2 aromatic rings. The van der Waals surface area contributed by atoms with E-state index in [-0.39, 0.29) is 5.56 Å². The molecule has 1 N–H and O–H groups in total. The van der Waals surface area contributed by atoms with Gasteiger partial charge in [0.25, 0.3) is 5.56 Å². The topological polar surface area (TPSA) is 54.9 Å². The van der Waals surface area contributed by atoms with Crippen LogP contribution in [0.15, 0.2) is 40.1 Å². The lowest BCUT2D eigenvalue weighted by atomic mass is 10.1. The third-order valence-corrected chi connectivity index (χ3v) is 3.95. The molecule has 2 rings (SSSR count). The Kier molecular flexibility index (Phi) is 4.53. The lowest BCUT2D eigenvalue weighted by Gasteiger charge is -2.06. The van der Waals surface area contributed by atoms with Gasteiger partial charge in [0.15, 0.2) is 0 Å². The molecule has 1 aromatic carbocycles. The second-order valence-corrected chi connectivity index (χ2v) is 11.1. The van der Waals surface area contributed by atoms with Gasteiger partial charge in [0.2, 0.25) is 0 Å². The van der Waals surface area contributed by atoms with Crippen molar-refractivity contribution in [3.05, 3.63) is 68.0 Å². The van der Waals surface area contributed by atoms with E-state index < -0.39 is 13.8 Å². The van der Waals surface area contributed by atoms with E-state index in [9.17, 15) is 9.59 Å². The lowest BCUT2D eigenvalue weighted by molar-refractivity contribution is 0.713. The molecule has 0 spiro atoms. The van der Waals surface area contributed by atoms with Gasteiger partial charge in [-0.15, -0.1) is 5.54 Å². The molecule has 4 nitrogen and oxygen atoms in total. The van der Waals surface area contributed by atoms with E-state index in [0.29, 0.717) is 12.1 Å². The Morgan fingerprint density at radius 2 is 1.77 bits per heavy atom. The first kappa shape index (κ1) is 16.1. The van der Waals surface area contributed by atoms with Crippen LogP contribution in [0.2, 0.25) is 19.6 Å². The number of hydrogen-bond donors (Lipinski definition) is 1. The Morgan fingerprint density at radius 1 is 1.14 bits per heavy atom. The highest BCUT2D eigenvalue weighted by Crippen LogP contribution is 2.06. The smallest absolute Gasteiger partial charge is 0.296 e. The van der Waals surface area contributed by atoms with Crippen LogP contribution in [0.25, 0.3) is 0 Å². The summed E-state index contributed by atoms with van der Waals surface area (Å²) < 4.78 is 1.50. The van der Waals surface area contributed by atoms with Gasteiger partial charge in [-0.1, -0.05) is 37.7 Å². The van der Waals surface area contributed by atoms with Crippen LogP contribution < -0.4 is 11.2 Å². The number of aromatic nitrogens is 2. The maximum Gasteiger partial charge on any atom is 0.328 e. The highest BCUT2D eigenvalue weighted by Gasteiger charge is 2.07. The standard InChI is InChI=1S/C17H20N2O2Si/c1-13-11-19(17(21)18-16(13)20)12-15-7-5-14(6-8-15)9-10-22(2,3)4/h5-8,11H,12H2,1-4H3,(H,18,20,21). The van der Waals surface area contributed by atoms with E-state index in [1.165, 1.54) is 4.57 Å². The van der Waals surface area contributed by atoms with Gasteiger partial charge in [-0.2, -0.15) is 0 Å². The fourth-order valence-corrected chi connectivity index (χ4v) is 2.41. The van der Waals surface area contributed by atoms with Gasteiger partial charge in [0, 0.05) is 17.3 Å². The van der Waals surface area contributed by atoms with Gasteiger partial charge in [-0.05, 0) is 24.6 Å². The molecular weight excluding hydrogens is 292 g/mol. The molecule has 22 heavy (non-hydrogen) atoms. The molecule has 1 aromatic heterocycles.